The summed E-state index contributed by atoms with van der Waals surface area (Å²) in [4.78, 5) is 46.3. The highest BCUT2D eigenvalue weighted by atomic mass is 35.5. The van der Waals surface area contributed by atoms with Gasteiger partial charge in [-0.15, -0.1) is 29.3 Å². The first-order chi connectivity index (χ1) is 19.8. The van der Waals surface area contributed by atoms with Crippen LogP contribution >= 0.6 is 46.0 Å². The summed E-state index contributed by atoms with van der Waals surface area (Å²) in [5, 5.41) is 7.06. The third-order valence-electron chi connectivity index (χ3n) is 6.93. The van der Waals surface area contributed by atoms with Crippen LogP contribution in [0.4, 0.5) is 5.00 Å². The van der Waals surface area contributed by atoms with E-state index in [0.717, 1.165) is 40.6 Å². The number of allylic oxidation sites excluding steroid dienone is 1. The summed E-state index contributed by atoms with van der Waals surface area (Å²) in [5.74, 6) is 0.273. The monoisotopic (exact) mass is 627 g/mol. The Morgan fingerprint density at radius 3 is 2.83 bits per heavy atom. The fraction of sp³-hybridized carbons (Fsp3) is 0.333. The van der Waals surface area contributed by atoms with Gasteiger partial charge in [-0.3, -0.25) is 14.2 Å². The molecule has 0 saturated heterocycles. The smallest absolute Gasteiger partial charge is 0.341 e. The fourth-order valence-corrected chi connectivity index (χ4v) is 8.40. The second kappa shape index (κ2) is 12.9. The number of hydrogen-bond donors (Lipinski definition) is 1. The second-order valence-electron chi connectivity index (χ2n) is 9.86. The van der Waals surface area contributed by atoms with E-state index < -0.39 is 5.97 Å². The first-order valence-electron chi connectivity index (χ1n) is 13.4. The fourth-order valence-electron chi connectivity index (χ4n) is 4.93. The molecule has 1 N–H and O–H groups in total. The van der Waals surface area contributed by atoms with Crippen molar-refractivity contribution in [2.45, 2.75) is 51.2 Å². The molecule has 0 radical (unpaired) electrons. The first kappa shape index (κ1) is 29.6. The molecule has 41 heavy (non-hydrogen) atoms. The van der Waals surface area contributed by atoms with E-state index in [0.29, 0.717) is 44.5 Å². The number of halogens is 1. The molecule has 1 atom stereocenters. The number of benzene rings is 1. The number of nitrogens with one attached hydrogen (secondary N) is 1. The van der Waals surface area contributed by atoms with Crippen molar-refractivity contribution in [1.82, 2.24) is 9.55 Å². The molecule has 3 aromatic heterocycles. The number of anilines is 1. The SMILES string of the molecule is C=CCn1c(SCCC(=O)Nc2scc(-c3ccc(Cl)cc3)c2C(=O)OCC)nc2sc3c(c2c1=O)CCC(C)C3. The zero-order valence-electron chi connectivity index (χ0n) is 22.8. The largest absolute Gasteiger partial charge is 0.462 e. The van der Waals surface area contributed by atoms with E-state index in [9.17, 15) is 14.4 Å². The van der Waals surface area contributed by atoms with Gasteiger partial charge in [0.1, 0.15) is 15.4 Å². The summed E-state index contributed by atoms with van der Waals surface area (Å²) in [6, 6.07) is 7.16. The normalized spacial score (nSPS) is 14.6. The molecule has 0 fully saturated rings. The lowest BCUT2D eigenvalue weighted by molar-refractivity contribution is -0.115. The molecular formula is C30H30ClN3O4S3. The summed E-state index contributed by atoms with van der Waals surface area (Å²) in [7, 11) is 0. The third-order valence-corrected chi connectivity index (χ3v) is 10.2. The van der Waals surface area contributed by atoms with Crippen LogP contribution in [-0.4, -0.2) is 33.8 Å². The molecule has 1 amide bonds. The van der Waals surface area contributed by atoms with Crippen LogP contribution in [-0.2, 0) is 28.9 Å². The molecule has 1 aliphatic rings. The molecule has 1 unspecified atom stereocenters. The summed E-state index contributed by atoms with van der Waals surface area (Å²) < 4.78 is 6.94. The Bertz CT molecular complexity index is 1670. The molecule has 11 heteroatoms. The lowest BCUT2D eigenvalue weighted by Gasteiger charge is -2.17. The maximum absolute atomic E-state index is 13.5. The number of carbonyl (C=O) groups excluding carboxylic acids is 2. The zero-order valence-corrected chi connectivity index (χ0v) is 26.0. The lowest BCUT2D eigenvalue weighted by atomic mass is 9.89. The van der Waals surface area contributed by atoms with Gasteiger partial charge in [0.05, 0.1) is 12.0 Å². The van der Waals surface area contributed by atoms with E-state index in [1.165, 1.54) is 28.0 Å². The van der Waals surface area contributed by atoms with Gasteiger partial charge in [-0.25, -0.2) is 9.78 Å². The van der Waals surface area contributed by atoms with Crippen molar-refractivity contribution < 1.29 is 14.3 Å². The van der Waals surface area contributed by atoms with Gasteiger partial charge < -0.3 is 10.1 Å². The Balaban J connectivity index is 1.33. The number of nitrogens with zero attached hydrogens (tertiary/aromatic N) is 2. The van der Waals surface area contributed by atoms with Gasteiger partial charge >= 0.3 is 5.97 Å². The number of aromatic nitrogens is 2. The van der Waals surface area contributed by atoms with Crippen LogP contribution in [0.25, 0.3) is 21.3 Å². The lowest BCUT2D eigenvalue weighted by Crippen LogP contribution is -2.23. The van der Waals surface area contributed by atoms with Gasteiger partial charge in [-0.05, 0) is 55.4 Å². The van der Waals surface area contributed by atoms with Crippen LogP contribution < -0.4 is 10.9 Å². The Hall–Kier alpha value is -2.92. The zero-order chi connectivity index (χ0) is 29.1. The molecule has 1 aromatic carbocycles. The maximum Gasteiger partial charge on any atom is 0.341 e. The summed E-state index contributed by atoms with van der Waals surface area (Å²) in [6.45, 7) is 8.37. The first-order valence-corrected chi connectivity index (χ1v) is 16.5. The van der Waals surface area contributed by atoms with Crippen LogP contribution in [0.2, 0.25) is 5.02 Å². The van der Waals surface area contributed by atoms with Gasteiger partial charge in [-0.1, -0.05) is 48.5 Å². The van der Waals surface area contributed by atoms with Crippen molar-refractivity contribution in [1.29, 1.82) is 0 Å². The number of thioether (sulfide) groups is 1. The average Bonchev–Trinajstić information content (AvgIpc) is 3.52. The topological polar surface area (TPSA) is 90.3 Å². The van der Waals surface area contributed by atoms with Crippen LogP contribution in [0.5, 0.6) is 0 Å². The Labute approximate surface area is 255 Å². The molecule has 0 bridgehead atoms. The van der Waals surface area contributed by atoms with Gasteiger partial charge in [0.25, 0.3) is 5.56 Å². The molecule has 3 heterocycles. The van der Waals surface area contributed by atoms with E-state index in [2.05, 4.69) is 18.8 Å². The molecule has 0 spiro atoms. The molecule has 0 aliphatic heterocycles. The number of thiophene rings is 2. The van der Waals surface area contributed by atoms with Crippen LogP contribution in [0.15, 0.2) is 52.3 Å². The molecule has 0 saturated carbocycles. The van der Waals surface area contributed by atoms with Crippen molar-refractivity contribution in [3.8, 4) is 11.1 Å². The van der Waals surface area contributed by atoms with Crippen molar-refractivity contribution in [3.63, 3.8) is 0 Å². The highest BCUT2D eigenvalue weighted by Gasteiger charge is 2.25. The van der Waals surface area contributed by atoms with Gasteiger partial charge in [-0.2, -0.15) is 0 Å². The van der Waals surface area contributed by atoms with Gasteiger partial charge in [0.15, 0.2) is 5.16 Å². The van der Waals surface area contributed by atoms with Crippen LogP contribution in [0.3, 0.4) is 0 Å². The number of rotatable bonds is 10. The number of amides is 1. The van der Waals surface area contributed by atoms with E-state index in [4.69, 9.17) is 21.3 Å². The van der Waals surface area contributed by atoms with Gasteiger partial charge in [0.2, 0.25) is 5.91 Å². The van der Waals surface area contributed by atoms with Crippen molar-refractivity contribution in [2.24, 2.45) is 5.92 Å². The van der Waals surface area contributed by atoms with E-state index in [1.807, 2.05) is 17.5 Å². The Kier molecular flexibility index (Phi) is 9.33. The van der Waals surface area contributed by atoms with Crippen LogP contribution in [0.1, 0.15) is 47.5 Å². The van der Waals surface area contributed by atoms with Crippen molar-refractivity contribution in [2.75, 3.05) is 17.7 Å². The van der Waals surface area contributed by atoms with Gasteiger partial charge in [0, 0.05) is 39.6 Å². The Morgan fingerprint density at radius 2 is 2.10 bits per heavy atom. The number of fused-ring (bicyclic) bond motifs is 3. The minimum absolute atomic E-state index is 0.0405. The average molecular weight is 628 g/mol. The quantitative estimate of drug-likeness (QED) is 0.0850. The molecular weight excluding hydrogens is 598 g/mol. The van der Waals surface area contributed by atoms with E-state index in [-0.39, 0.29) is 24.5 Å². The molecule has 4 aromatic rings. The number of esters is 1. The number of aryl methyl sites for hydroxylation is 1. The second-order valence-corrected chi connectivity index (χ2v) is 13.3. The van der Waals surface area contributed by atoms with E-state index in [1.54, 1.807) is 41.0 Å². The third kappa shape index (κ3) is 6.30. The number of carbonyl (C=O) groups is 2. The number of hydrogen-bond acceptors (Lipinski definition) is 8. The minimum atomic E-state index is -0.498. The summed E-state index contributed by atoms with van der Waals surface area (Å²) >= 11 is 10.3. The van der Waals surface area contributed by atoms with Crippen LogP contribution in [0, 0.1) is 5.92 Å². The number of ether oxygens (including phenoxy) is 1. The highest BCUT2D eigenvalue weighted by molar-refractivity contribution is 7.99. The van der Waals surface area contributed by atoms with Crippen molar-refractivity contribution in [3.05, 3.63) is 73.7 Å². The molecule has 7 nitrogen and oxygen atoms in total. The van der Waals surface area contributed by atoms with E-state index >= 15 is 0 Å². The molecule has 1 aliphatic carbocycles. The minimum Gasteiger partial charge on any atom is -0.462 e. The predicted octanol–water partition coefficient (Wildman–Crippen LogP) is 7.45. The predicted molar refractivity (Wildman–Crippen MR) is 170 cm³/mol. The highest BCUT2D eigenvalue weighted by Crippen LogP contribution is 2.38. The maximum atomic E-state index is 13.5. The van der Waals surface area contributed by atoms with Crippen molar-refractivity contribution >= 4 is 73.1 Å². The Morgan fingerprint density at radius 1 is 1.32 bits per heavy atom. The molecule has 5 rings (SSSR count). The summed E-state index contributed by atoms with van der Waals surface area (Å²) in [5.41, 5.74) is 2.91. The summed E-state index contributed by atoms with van der Waals surface area (Å²) in [6.07, 6.45) is 4.83. The molecule has 214 valence electrons. The standard InChI is InChI=1S/C30H30ClN3O4S3/c1-4-13-34-28(36)24-20-11-6-17(3)15-22(20)41-27(24)33-30(34)39-14-12-23(35)32-26-25(29(37)38-5-2)21(16-40-26)18-7-9-19(31)10-8-18/h4,7-10,16-17H,1,5-6,11-15H2,2-3H3,(H,32,35).